The van der Waals surface area contributed by atoms with Gasteiger partial charge in [-0.1, -0.05) is 12.1 Å². The number of hydrogen-bond acceptors (Lipinski definition) is 6. The summed E-state index contributed by atoms with van der Waals surface area (Å²) in [5.74, 6) is 0.0879. The Labute approximate surface area is 152 Å². The van der Waals surface area contributed by atoms with Crippen molar-refractivity contribution in [2.75, 3.05) is 38.0 Å². The summed E-state index contributed by atoms with van der Waals surface area (Å²) in [7, 11) is 3.11. The smallest absolute Gasteiger partial charge is 0.344 e. The van der Waals surface area contributed by atoms with Crippen molar-refractivity contribution < 1.29 is 23.8 Å². The van der Waals surface area contributed by atoms with Crippen molar-refractivity contribution >= 4 is 23.3 Å². The lowest BCUT2D eigenvalue weighted by molar-refractivity contribution is -0.145. The summed E-state index contributed by atoms with van der Waals surface area (Å²) in [6.45, 7) is 1.77. The molecule has 138 valence electrons. The van der Waals surface area contributed by atoms with Gasteiger partial charge in [0, 0.05) is 12.6 Å². The number of hydrogen-bond donors (Lipinski definition) is 1. The Morgan fingerprint density at radius 1 is 1.12 bits per heavy atom. The van der Waals surface area contributed by atoms with E-state index in [1.165, 1.54) is 12.0 Å². The lowest BCUT2D eigenvalue weighted by Crippen LogP contribution is -2.27. The third-order valence-corrected chi connectivity index (χ3v) is 3.66. The summed E-state index contributed by atoms with van der Waals surface area (Å²) < 4.78 is 15.5. The number of carbonyl (C=O) groups excluding carboxylic acids is 2. The molecule has 0 aliphatic rings. The number of benzene rings is 2. The van der Waals surface area contributed by atoms with E-state index in [-0.39, 0.29) is 19.1 Å². The summed E-state index contributed by atoms with van der Waals surface area (Å²) in [6.07, 6.45) is 0. The van der Waals surface area contributed by atoms with Crippen LogP contribution in [0.1, 0.15) is 17.3 Å². The molecule has 0 aliphatic carbocycles. The number of para-hydroxylation sites is 2. The van der Waals surface area contributed by atoms with Crippen molar-refractivity contribution in [2.24, 2.45) is 0 Å². The van der Waals surface area contributed by atoms with E-state index < -0.39 is 5.97 Å². The third kappa shape index (κ3) is 4.44. The summed E-state index contributed by atoms with van der Waals surface area (Å²) in [5, 5.41) is 0. The first kappa shape index (κ1) is 19.1. The van der Waals surface area contributed by atoms with Crippen LogP contribution in [0.2, 0.25) is 0 Å². The van der Waals surface area contributed by atoms with Crippen molar-refractivity contribution in [2.45, 2.75) is 6.92 Å². The topological polar surface area (TPSA) is 91.1 Å². The van der Waals surface area contributed by atoms with Crippen molar-refractivity contribution in [1.29, 1.82) is 0 Å². The molecule has 0 spiro atoms. The highest BCUT2D eigenvalue weighted by atomic mass is 16.6. The van der Waals surface area contributed by atoms with E-state index in [1.807, 2.05) is 0 Å². The summed E-state index contributed by atoms with van der Waals surface area (Å²) in [4.78, 5) is 25.7. The fraction of sp³-hybridized carbons (Fsp3) is 0.263. The third-order valence-electron chi connectivity index (χ3n) is 3.66. The van der Waals surface area contributed by atoms with Gasteiger partial charge in [0.15, 0.2) is 6.61 Å². The first-order valence-electron chi connectivity index (χ1n) is 8.07. The lowest BCUT2D eigenvalue weighted by Gasteiger charge is -2.21. The van der Waals surface area contributed by atoms with Gasteiger partial charge in [-0.15, -0.1) is 0 Å². The number of amides is 1. The summed E-state index contributed by atoms with van der Waals surface area (Å²) >= 11 is 0. The van der Waals surface area contributed by atoms with Crippen LogP contribution < -0.4 is 20.1 Å². The largest absolute Gasteiger partial charge is 0.495 e. The zero-order valence-electron chi connectivity index (χ0n) is 15.0. The molecule has 0 aliphatic heterocycles. The van der Waals surface area contributed by atoms with Gasteiger partial charge in [-0.3, -0.25) is 4.79 Å². The molecule has 0 unspecified atom stereocenters. The van der Waals surface area contributed by atoms with E-state index in [0.717, 1.165) is 0 Å². The van der Waals surface area contributed by atoms with Crippen LogP contribution in [-0.4, -0.2) is 39.2 Å². The number of nitrogen functional groups attached to an aromatic ring is 1. The quantitative estimate of drug-likeness (QED) is 0.604. The van der Waals surface area contributed by atoms with E-state index in [4.69, 9.17) is 19.9 Å². The molecule has 0 atom stereocenters. The maximum absolute atomic E-state index is 12.8. The Hall–Kier alpha value is -3.22. The number of nitrogens with two attached hydrogens (primary N) is 1. The number of nitrogens with zero attached hydrogens (tertiary/aromatic N) is 1. The molecule has 0 heterocycles. The van der Waals surface area contributed by atoms with Gasteiger partial charge in [-0.2, -0.15) is 0 Å². The van der Waals surface area contributed by atoms with E-state index in [0.29, 0.717) is 28.4 Å². The molecule has 0 saturated carbocycles. The number of carbonyl (C=O) groups is 2. The molecule has 26 heavy (non-hydrogen) atoms. The van der Waals surface area contributed by atoms with Gasteiger partial charge in [-0.25, -0.2) is 4.79 Å². The molecule has 0 radical (unpaired) electrons. The molecule has 2 aromatic rings. The van der Waals surface area contributed by atoms with Crippen LogP contribution in [0.5, 0.6) is 11.5 Å². The molecule has 2 rings (SSSR count). The number of anilines is 2. The van der Waals surface area contributed by atoms with Crippen molar-refractivity contribution in [1.82, 2.24) is 0 Å². The molecular weight excluding hydrogens is 336 g/mol. The minimum atomic E-state index is -0.473. The standard InChI is InChI=1S/C19H22N2O5/c1-4-25-18(22)12-26-16-8-6-5-7-15(16)21(2)19(23)13-9-10-14(20)17(11-13)24-3/h5-11H,4,12,20H2,1-3H3. The highest BCUT2D eigenvalue weighted by Gasteiger charge is 2.19. The maximum Gasteiger partial charge on any atom is 0.344 e. The molecule has 7 heteroatoms. The Kier molecular flexibility index (Phi) is 6.43. The average molecular weight is 358 g/mol. The van der Waals surface area contributed by atoms with Crippen molar-refractivity contribution in [3.05, 3.63) is 48.0 Å². The first-order valence-corrected chi connectivity index (χ1v) is 8.07. The fourth-order valence-electron chi connectivity index (χ4n) is 2.34. The van der Waals surface area contributed by atoms with Crippen molar-refractivity contribution in [3.63, 3.8) is 0 Å². The molecule has 0 bridgehead atoms. The Bertz CT molecular complexity index is 791. The van der Waals surface area contributed by atoms with Crippen LogP contribution >= 0.6 is 0 Å². The monoisotopic (exact) mass is 358 g/mol. The number of ether oxygens (including phenoxy) is 3. The first-order chi connectivity index (χ1) is 12.5. The second-order valence-electron chi connectivity index (χ2n) is 5.38. The maximum atomic E-state index is 12.8. The highest BCUT2D eigenvalue weighted by molar-refractivity contribution is 6.07. The molecule has 2 N–H and O–H groups in total. The highest BCUT2D eigenvalue weighted by Crippen LogP contribution is 2.29. The molecule has 7 nitrogen and oxygen atoms in total. The van der Waals surface area contributed by atoms with Crippen LogP contribution in [0, 0.1) is 0 Å². The van der Waals surface area contributed by atoms with E-state index >= 15 is 0 Å². The number of rotatable bonds is 7. The van der Waals surface area contributed by atoms with E-state index in [2.05, 4.69) is 0 Å². The van der Waals surface area contributed by atoms with Crippen LogP contribution in [0.15, 0.2) is 42.5 Å². The molecule has 1 amide bonds. The van der Waals surface area contributed by atoms with Crippen LogP contribution in [0.3, 0.4) is 0 Å². The zero-order valence-corrected chi connectivity index (χ0v) is 15.0. The predicted octanol–water partition coefficient (Wildman–Crippen LogP) is 2.50. The van der Waals surface area contributed by atoms with Crippen LogP contribution in [0.4, 0.5) is 11.4 Å². The van der Waals surface area contributed by atoms with E-state index in [9.17, 15) is 9.59 Å². The Balaban J connectivity index is 2.22. The molecule has 0 fully saturated rings. The van der Waals surface area contributed by atoms with Gasteiger partial charge in [0.1, 0.15) is 11.5 Å². The molecule has 0 aromatic heterocycles. The zero-order chi connectivity index (χ0) is 19.1. The minimum absolute atomic E-state index is 0.234. The predicted molar refractivity (Wildman–Crippen MR) is 98.7 cm³/mol. The second kappa shape index (κ2) is 8.75. The Morgan fingerprint density at radius 2 is 1.85 bits per heavy atom. The van der Waals surface area contributed by atoms with E-state index in [1.54, 1.807) is 56.4 Å². The van der Waals surface area contributed by atoms with Crippen LogP contribution in [0.25, 0.3) is 0 Å². The van der Waals surface area contributed by atoms with Gasteiger partial charge >= 0.3 is 5.97 Å². The molecule has 0 saturated heterocycles. The average Bonchev–Trinajstić information content (AvgIpc) is 2.66. The summed E-state index contributed by atoms with van der Waals surface area (Å²) in [6, 6.07) is 11.8. The second-order valence-corrected chi connectivity index (χ2v) is 5.38. The van der Waals surface area contributed by atoms with Gasteiger partial charge < -0.3 is 24.8 Å². The van der Waals surface area contributed by atoms with Gasteiger partial charge in [-0.05, 0) is 37.3 Å². The van der Waals surface area contributed by atoms with Gasteiger partial charge in [0.25, 0.3) is 5.91 Å². The Morgan fingerprint density at radius 3 is 2.54 bits per heavy atom. The SMILES string of the molecule is CCOC(=O)COc1ccccc1N(C)C(=O)c1ccc(N)c(OC)c1. The van der Waals surface area contributed by atoms with Gasteiger partial charge in [0.2, 0.25) is 0 Å². The molecular formula is C19H22N2O5. The normalized spacial score (nSPS) is 10.1. The van der Waals surface area contributed by atoms with Crippen LogP contribution in [-0.2, 0) is 9.53 Å². The van der Waals surface area contributed by atoms with Gasteiger partial charge in [0.05, 0.1) is 25.1 Å². The fourth-order valence-corrected chi connectivity index (χ4v) is 2.34. The lowest BCUT2D eigenvalue weighted by atomic mass is 10.1. The summed E-state index contributed by atoms with van der Waals surface area (Å²) in [5.41, 5.74) is 7.18. The number of methoxy groups -OCH3 is 1. The minimum Gasteiger partial charge on any atom is -0.495 e. The molecule has 2 aromatic carbocycles. The van der Waals surface area contributed by atoms with Crippen molar-refractivity contribution in [3.8, 4) is 11.5 Å². The number of esters is 1.